The van der Waals surface area contributed by atoms with Crippen LogP contribution < -0.4 is 16.4 Å². The summed E-state index contributed by atoms with van der Waals surface area (Å²) in [5, 5.41) is 5.18. The fourth-order valence-corrected chi connectivity index (χ4v) is 2.30. The number of aryl methyl sites for hydroxylation is 1. The molecule has 0 saturated carbocycles. The lowest BCUT2D eigenvalue weighted by Gasteiger charge is -2.14. The van der Waals surface area contributed by atoms with Gasteiger partial charge < -0.3 is 16.4 Å². The molecule has 0 spiro atoms. The normalized spacial score (nSPS) is 11.4. The number of nitrogens with two attached hydrogens (primary N) is 1. The lowest BCUT2D eigenvalue weighted by molar-refractivity contribution is -0.136. The number of carbonyl (C=O) groups is 3. The summed E-state index contributed by atoms with van der Waals surface area (Å²) >= 11 is 0. The zero-order chi connectivity index (χ0) is 18.4. The fourth-order valence-electron chi connectivity index (χ4n) is 2.30. The molecule has 0 heterocycles. The van der Waals surface area contributed by atoms with Crippen LogP contribution in [0.3, 0.4) is 0 Å². The van der Waals surface area contributed by atoms with Gasteiger partial charge in [0, 0.05) is 5.69 Å². The molecule has 0 bridgehead atoms. The van der Waals surface area contributed by atoms with Gasteiger partial charge in [0.1, 0.15) is 0 Å². The molecule has 1 atom stereocenters. The van der Waals surface area contributed by atoms with E-state index in [0.29, 0.717) is 5.69 Å². The van der Waals surface area contributed by atoms with Crippen LogP contribution in [-0.4, -0.2) is 17.7 Å². The minimum absolute atomic E-state index is 0.128. The Hall–Kier alpha value is -3.15. The highest BCUT2D eigenvalue weighted by molar-refractivity contribution is 6.39. The van der Waals surface area contributed by atoms with Crippen molar-refractivity contribution in [1.29, 1.82) is 0 Å². The van der Waals surface area contributed by atoms with E-state index in [4.69, 9.17) is 5.73 Å². The first-order valence-electron chi connectivity index (χ1n) is 7.91. The van der Waals surface area contributed by atoms with Crippen LogP contribution >= 0.6 is 0 Å². The Labute approximate surface area is 146 Å². The lowest BCUT2D eigenvalue weighted by atomic mass is 10.1. The number of hydrogen-bond acceptors (Lipinski definition) is 3. The predicted molar refractivity (Wildman–Crippen MR) is 95.7 cm³/mol. The van der Waals surface area contributed by atoms with E-state index >= 15 is 0 Å². The average Bonchev–Trinajstić information content (AvgIpc) is 2.56. The average molecular weight is 339 g/mol. The molecule has 4 N–H and O–H groups in total. The van der Waals surface area contributed by atoms with E-state index in [2.05, 4.69) is 10.6 Å². The number of benzene rings is 2. The molecule has 0 aliphatic heterocycles. The van der Waals surface area contributed by atoms with Crippen LogP contribution in [0.5, 0.6) is 0 Å². The second kappa shape index (κ2) is 8.10. The Morgan fingerprint density at radius 1 is 0.960 bits per heavy atom. The van der Waals surface area contributed by atoms with E-state index in [-0.39, 0.29) is 12.5 Å². The second-order valence-corrected chi connectivity index (χ2v) is 5.90. The number of hydrogen-bond donors (Lipinski definition) is 3. The summed E-state index contributed by atoms with van der Waals surface area (Å²) < 4.78 is 0. The molecule has 2 aromatic carbocycles. The van der Waals surface area contributed by atoms with Gasteiger partial charge in [0.25, 0.3) is 0 Å². The van der Waals surface area contributed by atoms with Crippen LogP contribution in [0.1, 0.15) is 29.7 Å². The maximum atomic E-state index is 12.0. The van der Waals surface area contributed by atoms with Gasteiger partial charge in [-0.25, -0.2) is 0 Å². The Bertz CT molecular complexity index is 768. The van der Waals surface area contributed by atoms with Gasteiger partial charge in [-0.3, -0.25) is 14.4 Å². The number of anilines is 1. The standard InChI is InChI=1S/C19H21N3O3/c1-12-3-7-15(8-4-12)13(2)21-18(24)19(25)22-16-9-5-14(6-10-16)11-17(20)23/h3-10,13H,11H2,1-2H3,(H2,20,23)(H,21,24)(H,22,25). The minimum atomic E-state index is -0.749. The van der Waals surface area contributed by atoms with Crippen molar-refractivity contribution in [2.45, 2.75) is 26.3 Å². The van der Waals surface area contributed by atoms with E-state index in [1.165, 1.54) is 0 Å². The monoisotopic (exact) mass is 339 g/mol. The van der Waals surface area contributed by atoms with E-state index < -0.39 is 17.7 Å². The molecule has 0 saturated heterocycles. The van der Waals surface area contributed by atoms with Crippen LogP contribution in [0, 0.1) is 6.92 Å². The molecule has 0 radical (unpaired) electrons. The third-order valence-electron chi connectivity index (χ3n) is 3.72. The SMILES string of the molecule is Cc1ccc(C(C)NC(=O)C(=O)Nc2ccc(CC(N)=O)cc2)cc1. The first-order chi connectivity index (χ1) is 11.8. The lowest BCUT2D eigenvalue weighted by Crippen LogP contribution is -2.36. The van der Waals surface area contributed by atoms with Gasteiger partial charge in [-0.2, -0.15) is 0 Å². The zero-order valence-electron chi connectivity index (χ0n) is 14.2. The number of primary amides is 1. The quantitative estimate of drug-likeness (QED) is 0.724. The summed E-state index contributed by atoms with van der Waals surface area (Å²) in [5.74, 6) is -1.89. The third-order valence-corrected chi connectivity index (χ3v) is 3.72. The van der Waals surface area contributed by atoms with E-state index in [1.54, 1.807) is 24.3 Å². The largest absolute Gasteiger partial charge is 0.369 e. The van der Waals surface area contributed by atoms with Crippen molar-refractivity contribution in [2.24, 2.45) is 5.73 Å². The molecule has 130 valence electrons. The van der Waals surface area contributed by atoms with Crippen LogP contribution in [0.25, 0.3) is 0 Å². The van der Waals surface area contributed by atoms with Gasteiger partial charge in [-0.05, 0) is 37.1 Å². The Balaban J connectivity index is 1.92. The summed E-state index contributed by atoms with van der Waals surface area (Å²) in [5.41, 5.74) is 8.38. The van der Waals surface area contributed by atoms with Gasteiger partial charge >= 0.3 is 11.8 Å². The summed E-state index contributed by atoms with van der Waals surface area (Å²) in [6, 6.07) is 14.0. The molecule has 25 heavy (non-hydrogen) atoms. The minimum Gasteiger partial charge on any atom is -0.369 e. The van der Waals surface area contributed by atoms with E-state index in [9.17, 15) is 14.4 Å². The highest BCUT2D eigenvalue weighted by Gasteiger charge is 2.17. The molecule has 0 aromatic heterocycles. The van der Waals surface area contributed by atoms with Crippen molar-refractivity contribution >= 4 is 23.4 Å². The van der Waals surface area contributed by atoms with Crippen molar-refractivity contribution in [2.75, 3.05) is 5.32 Å². The van der Waals surface area contributed by atoms with Crippen LogP contribution in [0.2, 0.25) is 0 Å². The van der Waals surface area contributed by atoms with E-state index in [0.717, 1.165) is 16.7 Å². The van der Waals surface area contributed by atoms with Crippen LogP contribution in [0.4, 0.5) is 5.69 Å². The fraction of sp³-hybridized carbons (Fsp3) is 0.211. The molecule has 2 rings (SSSR count). The molecule has 1 unspecified atom stereocenters. The van der Waals surface area contributed by atoms with Crippen molar-refractivity contribution in [1.82, 2.24) is 5.32 Å². The van der Waals surface area contributed by atoms with Gasteiger partial charge in [0.15, 0.2) is 0 Å². The van der Waals surface area contributed by atoms with Crippen molar-refractivity contribution in [3.05, 3.63) is 65.2 Å². The maximum absolute atomic E-state index is 12.0. The topological polar surface area (TPSA) is 101 Å². The molecule has 3 amide bonds. The second-order valence-electron chi connectivity index (χ2n) is 5.90. The summed E-state index contributed by atoms with van der Waals surface area (Å²) in [4.78, 5) is 34.9. The molecule has 0 fully saturated rings. The zero-order valence-corrected chi connectivity index (χ0v) is 14.2. The highest BCUT2D eigenvalue weighted by Crippen LogP contribution is 2.13. The van der Waals surface area contributed by atoms with Gasteiger partial charge in [0.05, 0.1) is 12.5 Å². The smallest absolute Gasteiger partial charge is 0.313 e. The molecular formula is C19H21N3O3. The molecule has 2 aromatic rings. The Morgan fingerprint density at radius 2 is 1.56 bits per heavy atom. The van der Waals surface area contributed by atoms with E-state index in [1.807, 2.05) is 38.1 Å². The van der Waals surface area contributed by atoms with Crippen molar-refractivity contribution in [3.63, 3.8) is 0 Å². The van der Waals surface area contributed by atoms with Crippen molar-refractivity contribution in [3.8, 4) is 0 Å². The number of amides is 3. The first-order valence-corrected chi connectivity index (χ1v) is 7.91. The summed E-state index contributed by atoms with van der Waals surface area (Å²) in [6.45, 7) is 3.80. The Kier molecular flexibility index (Phi) is 5.89. The maximum Gasteiger partial charge on any atom is 0.313 e. The first kappa shape index (κ1) is 18.2. The molecule has 6 nitrogen and oxygen atoms in total. The van der Waals surface area contributed by atoms with Gasteiger partial charge in [-0.1, -0.05) is 42.0 Å². The molecular weight excluding hydrogens is 318 g/mol. The predicted octanol–water partition coefficient (Wildman–Crippen LogP) is 1.84. The van der Waals surface area contributed by atoms with Crippen LogP contribution in [-0.2, 0) is 20.8 Å². The highest BCUT2D eigenvalue weighted by atomic mass is 16.2. The molecule has 6 heteroatoms. The molecule has 0 aliphatic carbocycles. The van der Waals surface area contributed by atoms with Gasteiger partial charge in [0.2, 0.25) is 5.91 Å². The Morgan fingerprint density at radius 3 is 2.12 bits per heavy atom. The summed E-state index contributed by atoms with van der Waals surface area (Å²) in [6.07, 6.45) is 0.128. The van der Waals surface area contributed by atoms with Gasteiger partial charge in [-0.15, -0.1) is 0 Å². The number of nitrogens with one attached hydrogen (secondary N) is 2. The van der Waals surface area contributed by atoms with Crippen LogP contribution in [0.15, 0.2) is 48.5 Å². The number of carbonyl (C=O) groups excluding carboxylic acids is 3. The summed E-state index contributed by atoms with van der Waals surface area (Å²) in [7, 11) is 0. The molecule has 0 aliphatic rings. The number of rotatable bonds is 5. The van der Waals surface area contributed by atoms with Crippen molar-refractivity contribution < 1.29 is 14.4 Å². The third kappa shape index (κ3) is 5.46.